The van der Waals surface area contributed by atoms with Crippen molar-refractivity contribution in [3.63, 3.8) is 0 Å². The van der Waals surface area contributed by atoms with Gasteiger partial charge < -0.3 is 5.32 Å². The van der Waals surface area contributed by atoms with Crippen LogP contribution in [0.15, 0.2) is 24.3 Å². The van der Waals surface area contributed by atoms with Crippen LogP contribution in [0.25, 0.3) is 0 Å². The fraction of sp³-hybridized carbons (Fsp3) is 0.647. The standard InChI is InChI=1S/C17H28N2O2/c1-5-12-18-14(4)17(13(2)3)11-8-15-6-9-16(10-7-15)19(20)21/h6-7,9-10,13-14,17-18H,5,8,11-12H2,1-4H3. The van der Waals surface area contributed by atoms with Crippen molar-refractivity contribution in [2.45, 2.75) is 53.0 Å². The van der Waals surface area contributed by atoms with Crippen molar-refractivity contribution in [3.05, 3.63) is 39.9 Å². The van der Waals surface area contributed by atoms with Crippen LogP contribution in [-0.2, 0) is 6.42 Å². The Balaban J connectivity index is 2.58. The zero-order valence-corrected chi connectivity index (χ0v) is 13.6. The Bertz CT molecular complexity index is 429. The van der Waals surface area contributed by atoms with Crippen LogP contribution in [0.2, 0.25) is 0 Å². The van der Waals surface area contributed by atoms with Crippen LogP contribution in [0.4, 0.5) is 5.69 Å². The predicted octanol–water partition coefficient (Wildman–Crippen LogP) is 4.19. The van der Waals surface area contributed by atoms with E-state index in [-0.39, 0.29) is 10.6 Å². The Labute approximate surface area is 128 Å². The second-order valence-corrected chi connectivity index (χ2v) is 6.11. The Morgan fingerprint density at radius 2 is 1.81 bits per heavy atom. The SMILES string of the molecule is CCCNC(C)C(CCc1ccc([N+](=O)[O-])cc1)C(C)C. The number of nitro benzene ring substituents is 1. The molecule has 0 aromatic heterocycles. The van der Waals surface area contributed by atoms with Gasteiger partial charge in [-0.2, -0.15) is 0 Å². The van der Waals surface area contributed by atoms with Gasteiger partial charge in [0.25, 0.3) is 5.69 Å². The summed E-state index contributed by atoms with van der Waals surface area (Å²) in [5, 5.41) is 14.2. The summed E-state index contributed by atoms with van der Waals surface area (Å²) in [6.07, 6.45) is 3.23. The van der Waals surface area contributed by atoms with Gasteiger partial charge in [-0.15, -0.1) is 0 Å². The topological polar surface area (TPSA) is 55.2 Å². The van der Waals surface area contributed by atoms with Crippen LogP contribution in [0.1, 0.15) is 46.1 Å². The molecule has 0 aliphatic carbocycles. The minimum Gasteiger partial charge on any atom is -0.314 e. The molecule has 0 saturated carbocycles. The first-order valence-electron chi connectivity index (χ1n) is 7.92. The highest BCUT2D eigenvalue weighted by Crippen LogP contribution is 2.23. The first kappa shape index (κ1) is 17.6. The van der Waals surface area contributed by atoms with E-state index in [2.05, 4.69) is 33.0 Å². The Morgan fingerprint density at radius 1 is 1.19 bits per heavy atom. The molecule has 0 aliphatic heterocycles. The fourth-order valence-corrected chi connectivity index (χ4v) is 2.80. The van der Waals surface area contributed by atoms with Crippen molar-refractivity contribution >= 4 is 5.69 Å². The summed E-state index contributed by atoms with van der Waals surface area (Å²) in [5.41, 5.74) is 1.34. The van der Waals surface area contributed by atoms with Crippen LogP contribution >= 0.6 is 0 Å². The zero-order chi connectivity index (χ0) is 15.8. The summed E-state index contributed by atoms with van der Waals surface area (Å²) in [6.45, 7) is 10.0. The van der Waals surface area contributed by atoms with Crippen molar-refractivity contribution in [2.75, 3.05) is 6.54 Å². The third-order valence-electron chi connectivity index (χ3n) is 4.13. The number of non-ortho nitro benzene ring substituents is 1. The lowest BCUT2D eigenvalue weighted by Crippen LogP contribution is -2.36. The van der Waals surface area contributed by atoms with Crippen molar-refractivity contribution in [3.8, 4) is 0 Å². The number of nitro groups is 1. The molecule has 0 heterocycles. The summed E-state index contributed by atoms with van der Waals surface area (Å²) in [6, 6.07) is 7.44. The highest BCUT2D eigenvalue weighted by molar-refractivity contribution is 5.32. The molecular weight excluding hydrogens is 264 g/mol. The van der Waals surface area contributed by atoms with E-state index in [0.717, 1.165) is 25.8 Å². The second-order valence-electron chi connectivity index (χ2n) is 6.11. The van der Waals surface area contributed by atoms with Crippen LogP contribution in [0.3, 0.4) is 0 Å². The lowest BCUT2D eigenvalue weighted by molar-refractivity contribution is -0.384. The van der Waals surface area contributed by atoms with Gasteiger partial charge in [0.2, 0.25) is 0 Å². The van der Waals surface area contributed by atoms with Gasteiger partial charge in [-0.25, -0.2) is 0 Å². The molecule has 0 aliphatic rings. The van der Waals surface area contributed by atoms with Gasteiger partial charge in [-0.1, -0.05) is 32.9 Å². The lowest BCUT2D eigenvalue weighted by atomic mass is 9.84. The summed E-state index contributed by atoms with van der Waals surface area (Å²) in [7, 11) is 0. The molecule has 118 valence electrons. The molecule has 1 N–H and O–H groups in total. The van der Waals surface area contributed by atoms with Crippen molar-refractivity contribution < 1.29 is 4.92 Å². The van der Waals surface area contributed by atoms with E-state index in [1.807, 2.05) is 12.1 Å². The quantitative estimate of drug-likeness (QED) is 0.548. The molecule has 21 heavy (non-hydrogen) atoms. The van der Waals surface area contributed by atoms with Crippen LogP contribution < -0.4 is 5.32 Å². The number of hydrogen-bond donors (Lipinski definition) is 1. The second kappa shape index (κ2) is 8.78. The number of nitrogens with one attached hydrogen (secondary N) is 1. The monoisotopic (exact) mass is 292 g/mol. The molecule has 4 nitrogen and oxygen atoms in total. The number of aryl methyl sites for hydroxylation is 1. The normalized spacial score (nSPS) is 14.1. The van der Waals surface area contributed by atoms with Crippen LogP contribution in [0, 0.1) is 22.0 Å². The Kier molecular flexibility index (Phi) is 7.37. The molecule has 0 radical (unpaired) electrons. The molecule has 0 spiro atoms. The first-order valence-corrected chi connectivity index (χ1v) is 7.92. The van der Waals surface area contributed by atoms with Gasteiger partial charge in [0.1, 0.15) is 0 Å². The van der Waals surface area contributed by atoms with Crippen LogP contribution in [-0.4, -0.2) is 17.5 Å². The molecule has 0 saturated heterocycles. The lowest BCUT2D eigenvalue weighted by Gasteiger charge is -2.28. The largest absolute Gasteiger partial charge is 0.314 e. The third kappa shape index (κ3) is 5.84. The number of rotatable bonds is 9. The van der Waals surface area contributed by atoms with E-state index in [9.17, 15) is 10.1 Å². The van der Waals surface area contributed by atoms with Gasteiger partial charge in [0.05, 0.1) is 4.92 Å². The van der Waals surface area contributed by atoms with Crippen molar-refractivity contribution in [2.24, 2.45) is 11.8 Å². The predicted molar refractivity (Wildman–Crippen MR) is 87.5 cm³/mol. The van der Waals surface area contributed by atoms with Crippen molar-refractivity contribution in [1.82, 2.24) is 5.32 Å². The summed E-state index contributed by atoms with van der Waals surface area (Å²) in [5.74, 6) is 1.24. The minimum atomic E-state index is -0.350. The Morgan fingerprint density at radius 3 is 2.29 bits per heavy atom. The third-order valence-corrected chi connectivity index (χ3v) is 4.13. The van der Waals surface area contributed by atoms with Crippen LogP contribution in [0.5, 0.6) is 0 Å². The molecule has 0 amide bonds. The van der Waals surface area contributed by atoms with E-state index >= 15 is 0 Å². The van der Waals surface area contributed by atoms with Crippen molar-refractivity contribution in [1.29, 1.82) is 0 Å². The number of hydrogen-bond acceptors (Lipinski definition) is 3. The smallest absolute Gasteiger partial charge is 0.269 e. The zero-order valence-electron chi connectivity index (χ0n) is 13.6. The molecule has 4 heteroatoms. The fourth-order valence-electron chi connectivity index (χ4n) is 2.80. The maximum atomic E-state index is 10.7. The molecule has 1 aromatic rings. The van der Waals surface area contributed by atoms with E-state index in [0.29, 0.717) is 17.9 Å². The molecule has 0 bridgehead atoms. The molecule has 2 atom stereocenters. The van der Waals surface area contributed by atoms with E-state index in [1.54, 1.807) is 12.1 Å². The average molecular weight is 292 g/mol. The van der Waals surface area contributed by atoms with E-state index < -0.39 is 0 Å². The summed E-state index contributed by atoms with van der Waals surface area (Å²) < 4.78 is 0. The number of benzene rings is 1. The molecule has 0 fully saturated rings. The first-order chi connectivity index (χ1) is 9.95. The average Bonchev–Trinajstić information content (AvgIpc) is 2.45. The van der Waals surface area contributed by atoms with Gasteiger partial charge in [0, 0.05) is 18.2 Å². The molecule has 1 rings (SSSR count). The highest BCUT2D eigenvalue weighted by Gasteiger charge is 2.20. The Hall–Kier alpha value is -1.42. The maximum Gasteiger partial charge on any atom is 0.269 e. The van der Waals surface area contributed by atoms with Gasteiger partial charge >= 0.3 is 0 Å². The van der Waals surface area contributed by atoms with E-state index in [4.69, 9.17) is 0 Å². The molecular formula is C17H28N2O2. The maximum absolute atomic E-state index is 10.7. The molecule has 1 aromatic carbocycles. The highest BCUT2D eigenvalue weighted by atomic mass is 16.6. The van der Waals surface area contributed by atoms with Gasteiger partial charge in [0.15, 0.2) is 0 Å². The summed E-state index contributed by atoms with van der Waals surface area (Å²) in [4.78, 5) is 10.3. The molecule has 2 unspecified atom stereocenters. The minimum absolute atomic E-state index is 0.164. The van der Waals surface area contributed by atoms with E-state index in [1.165, 1.54) is 5.56 Å². The summed E-state index contributed by atoms with van der Waals surface area (Å²) >= 11 is 0. The van der Waals surface area contributed by atoms with Gasteiger partial charge in [-0.3, -0.25) is 10.1 Å². The van der Waals surface area contributed by atoms with Gasteiger partial charge in [-0.05, 0) is 50.1 Å². The number of nitrogens with zero attached hydrogens (tertiary/aromatic N) is 1.